The topological polar surface area (TPSA) is 98.7 Å². The molecule has 1 aliphatic carbocycles. The lowest BCUT2D eigenvalue weighted by Crippen LogP contribution is -2.52. The first-order valence-electron chi connectivity index (χ1n) is 9.71. The second-order valence-corrected chi connectivity index (χ2v) is 7.73. The Hall–Kier alpha value is -2.25. The van der Waals surface area contributed by atoms with Crippen LogP contribution in [0, 0.1) is 0 Å². The van der Waals surface area contributed by atoms with E-state index in [1.165, 1.54) is 0 Å². The van der Waals surface area contributed by atoms with Crippen molar-refractivity contribution in [1.82, 2.24) is 15.5 Å². The van der Waals surface area contributed by atoms with E-state index in [2.05, 4.69) is 10.6 Å². The Morgan fingerprint density at radius 3 is 2.74 bits per heavy atom. The number of fused-ring (bicyclic) bond motifs is 1. The van der Waals surface area contributed by atoms with Crippen LogP contribution >= 0.6 is 0 Å². The highest BCUT2D eigenvalue weighted by atomic mass is 16.3. The predicted molar refractivity (Wildman–Crippen MR) is 97.6 cm³/mol. The predicted octanol–water partition coefficient (Wildman–Crippen LogP) is 0.841. The summed E-state index contributed by atoms with van der Waals surface area (Å²) in [5.41, 5.74) is 2.60. The van der Waals surface area contributed by atoms with Gasteiger partial charge in [-0.15, -0.1) is 0 Å². The first-order chi connectivity index (χ1) is 13.0. The first-order valence-corrected chi connectivity index (χ1v) is 9.71. The molecule has 2 aliphatic heterocycles. The molecule has 144 valence electrons. The maximum atomic E-state index is 12.7. The van der Waals surface area contributed by atoms with Gasteiger partial charge in [-0.05, 0) is 36.5 Å². The molecule has 1 aromatic carbocycles. The second-order valence-electron chi connectivity index (χ2n) is 7.73. The van der Waals surface area contributed by atoms with Gasteiger partial charge in [0.05, 0.1) is 6.10 Å². The van der Waals surface area contributed by atoms with Crippen molar-refractivity contribution in [3.63, 3.8) is 0 Å². The molecule has 1 unspecified atom stereocenters. The van der Waals surface area contributed by atoms with Crippen LogP contribution in [0.2, 0.25) is 0 Å². The number of hydrogen-bond acceptors (Lipinski definition) is 5. The molecule has 3 atom stereocenters. The maximum absolute atomic E-state index is 12.7. The third kappa shape index (κ3) is 3.61. The molecule has 0 bridgehead atoms. The van der Waals surface area contributed by atoms with Crippen LogP contribution in [0.3, 0.4) is 0 Å². The minimum Gasteiger partial charge on any atom is -0.392 e. The van der Waals surface area contributed by atoms with Crippen LogP contribution in [0.4, 0.5) is 0 Å². The summed E-state index contributed by atoms with van der Waals surface area (Å²) in [4.78, 5) is 37.7. The number of nitrogens with one attached hydrogen (secondary N) is 2. The number of nitrogens with zero attached hydrogens (tertiary/aromatic N) is 1. The molecular weight excluding hydrogens is 346 g/mol. The highest BCUT2D eigenvalue weighted by Crippen LogP contribution is 2.28. The van der Waals surface area contributed by atoms with Gasteiger partial charge in [0, 0.05) is 31.1 Å². The molecule has 2 heterocycles. The third-order valence-corrected chi connectivity index (χ3v) is 5.89. The van der Waals surface area contributed by atoms with E-state index in [1.807, 2.05) is 18.2 Å². The quantitative estimate of drug-likeness (QED) is 0.682. The van der Waals surface area contributed by atoms with Crippen LogP contribution in [0.25, 0.3) is 0 Å². The van der Waals surface area contributed by atoms with Gasteiger partial charge in [0.25, 0.3) is 5.91 Å². The van der Waals surface area contributed by atoms with Crippen molar-refractivity contribution in [3.8, 4) is 0 Å². The van der Waals surface area contributed by atoms with Crippen molar-refractivity contribution in [2.45, 2.75) is 69.8 Å². The van der Waals surface area contributed by atoms with E-state index in [-0.39, 0.29) is 36.3 Å². The van der Waals surface area contributed by atoms with Crippen molar-refractivity contribution in [3.05, 3.63) is 34.9 Å². The zero-order valence-corrected chi connectivity index (χ0v) is 15.2. The lowest BCUT2D eigenvalue weighted by atomic mass is 9.92. The average molecular weight is 371 g/mol. The van der Waals surface area contributed by atoms with E-state index in [0.29, 0.717) is 25.1 Å². The number of imide groups is 1. The summed E-state index contributed by atoms with van der Waals surface area (Å²) in [6, 6.07) is 5.28. The van der Waals surface area contributed by atoms with E-state index in [1.54, 1.807) is 4.90 Å². The van der Waals surface area contributed by atoms with E-state index in [0.717, 1.165) is 36.8 Å². The van der Waals surface area contributed by atoms with Gasteiger partial charge >= 0.3 is 0 Å². The molecule has 3 aliphatic rings. The summed E-state index contributed by atoms with van der Waals surface area (Å²) >= 11 is 0. The summed E-state index contributed by atoms with van der Waals surface area (Å²) in [6.07, 6.45) is 4.38. The molecule has 7 nitrogen and oxygen atoms in total. The fraction of sp³-hybridized carbons (Fsp3) is 0.550. The van der Waals surface area contributed by atoms with Crippen molar-refractivity contribution in [2.24, 2.45) is 0 Å². The number of benzene rings is 1. The molecule has 7 heteroatoms. The summed E-state index contributed by atoms with van der Waals surface area (Å²) in [7, 11) is 0. The number of aliphatic hydroxyl groups is 1. The number of carbonyl (C=O) groups is 3. The molecule has 3 amide bonds. The van der Waals surface area contributed by atoms with E-state index in [4.69, 9.17) is 0 Å². The molecule has 1 saturated heterocycles. The molecule has 0 radical (unpaired) electrons. The maximum Gasteiger partial charge on any atom is 0.255 e. The summed E-state index contributed by atoms with van der Waals surface area (Å²) in [5, 5.41) is 15.8. The normalized spacial score (nSPS) is 28.3. The Morgan fingerprint density at radius 2 is 1.96 bits per heavy atom. The van der Waals surface area contributed by atoms with Crippen LogP contribution in [0.1, 0.15) is 60.0 Å². The van der Waals surface area contributed by atoms with Crippen LogP contribution < -0.4 is 10.6 Å². The van der Waals surface area contributed by atoms with Crippen molar-refractivity contribution in [2.75, 3.05) is 0 Å². The van der Waals surface area contributed by atoms with Crippen LogP contribution in [-0.2, 0) is 22.7 Å². The number of piperidine rings is 1. The van der Waals surface area contributed by atoms with Crippen molar-refractivity contribution >= 4 is 17.7 Å². The standard InChI is InChI=1S/C20H25N3O4/c24-17-4-2-1-3-15(17)21-10-12-5-6-14-13(9-12)11-23(20(14)27)16-7-8-18(25)22-19(16)26/h5-6,9,15-17,21,24H,1-4,7-8,10-11H2,(H,22,25,26)/t15-,16?,17+/m0/s1. The number of carbonyl (C=O) groups excluding carboxylic acids is 3. The minimum atomic E-state index is -0.582. The Balaban J connectivity index is 1.43. The van der Waals surface area contributed by atoms with Gasteiger partial charge in [0.15, 0.2) is 0 Å². The molecule has 4 rings (SSSR count). The van der Waals surface area contributed by atoms with Gasteiger partial charge in [-0.1, -0.05) is 25.0 Å². The molecule has 27 heavy (non-hydrogen) atoms. The zero-order chi connectivity index (χ0) is 19.0. The molecule has 1 saturated carbocycles. The summed E-state index contributed by atoms with van der Waals surface area (Å²) < 4.78 is 0. The lowest BCUT2D eigenvalue weighted by molar-refractivity contribution is -0.136. The molecule has 0 spiro atoms. The summed E-state index contributed by atoms with van der Waals surface area (Å²) in [5.74, 6) is -0.819. The Morgan fingerprint density at radius 1 is 1.15 bits per heavy atom. The smallest absolute Gasteiger partial charge is 0.255 e. The van der Waals surface area contributed by atoms with Gasteiger partial charge in [0.1, 0.15) is 6.04 Å². The van der Waals surface area contributed by atoms with Crippen LogP contribution in [0.15, 0.2) is 18.2 Å². The van der Waals surface area contributed by atoms with Gasteiger partial charge < -0.3 is 15.3 Å². The lowest BCUT2D eigenvalue weighted by Gasteiger charge is -2.29. The van der Waals surface area contributed by atoms with Gasteiger partial charge in [-0.2, -0.15) is 0 Å². The highest BCUT2D eigenvalue weighted by Gasteiger charge is 2.39. The van der Waals surface area contributed by atoms with Gasteiger partial charge in [-0.25, -0.2) is 0 Å². The molecule has 3 N–H and O–H groups in total. The molecule has 1 aromatic rings. The van der Waals surface area contributed by atoms with Crippen LogP contribution in [-0.4, -0.2) is 45.9 Å². The van der Waals surface area contributed by atoms with Crippen molar-refractivity contribution in [1.29, 1.82) is 0 Å². The zero-order valence-electron chi connectivity index (χ0n) is 15.2. The SMILES string of the molecule is O=C1CCC(N2Cc3cc(CN[C@H]4CCCC[C@H]4O)ccc3C2=O)C(=O)N1. The Bertz CT molecular complexity index is 778. The van der Waals surface area contributed by atoms with Gasteiger partial charge in [0.2, 0.25) is 11.8 Å². The van der Waals surface area contributed by atoms with Crippen molar-refractivity contribution < 1.29 is 19.5 Å². The monoisotopic (exact) mass is 371 g/mol. The minimum absolute atomic E-state index is 0.119. The molecular formula is C20H25N3O4. The van der Waals surface area contributed by atoms with Gasteiger partial charge in [-0.3, -0.25) is 19.7 Å². The first kappa shape index (κ1) is 18.1. The number of hydrogen-bond donors (Lipinski definition) is 3. The highest BCUT2D eigenvalue weighted by molar-refractivity contribution is 6.05. The summed E-state index contributed by atoms with van der Waals surface area (Å²) in [6.45, 7) is 1.03. The molecule has 2 fully saturated rings. The van der Waals surface area contributed by atoms with Crippen LogP contribution in [0.5, 0.6) is 0 Å². The molecule has 0 aromatic heterocycles. The number of rotatable bonds is 4. The second kappa shape index (κ2) is 7.40. The fourth-order valence-electron chi connectivity index (χ4n) is 4.34. The Labute approximate surface area is 158 Å². The fourth-order valence-corrected chi connectivity index (χ4v) is 4.34. The largest absolute Gasteiger partial charge is 0.392 e. The van der Waals surface area contributed by atoms with E-state index < -0.39 is 6.04 Å². The van der Waals surface area contributed by atoms with E-state index >= 15 is 0 Å². The number of aliphatic hydroxyl groups excluding tert-OH is 1. The Kier molecular flexibility index (Phi) is 4.97. The average Bonchev–Trinajstić information content (AvgIpc) is 2.97. The third-order valence-electron chi connectivity index (χ3n) is 5.89. The number of amides is 3. The van der Waals surface area contributed by atoms with E-state index in [9.17, 15) is 19.5 Å².